The molecule has 0 saturated carbocycles. The van der Waals surface area contributed by atoms with Gasteiger partial charge in [0.1, 0.15) is 17.0 Å². The zero-order valence-corrected chi connectivity index (χ0v) is 13.7. The summed E-state index contributed by atoms with van der Waals surface area (Å²) in [5.74, 6) is -1.39. The zero-order chi connectivity index (χ0) is 17.3. The van der Waals surface area contributed by atoms with Crippen molar-refractivity contribution in [1.29, 1.82) is 0 Å². The monoisotopic (exact) mass is 340 g/mol. The summed E-state index contributed by atoms with van der Waals surface area (Å²) >= 11 is 0. The maximum atomic E-state index is 13.9. The Morgan fingerprint density at radius 2 is 1.91 bits per heavy atom. The Balaban J connectivity index is 2.31. The first-order chi connectivity index (χ1) is 10.6. The molecule has 2 N–H and O–H groups in total. The van der Waals surface area contributed by atoms with Gasteiger partial charge in [0.05, 0.1) is 11.8 Å². The number of hydrogen-bond acceptors (Lipinski definition) is 4. The third-order valence-electron chi connectivity index (χ3n) is 2.70. The van der Waals surface area contributed by atoms with Crippen molar-refractivity contribution in [2.45, 2.75) is 31.2 Å². The van der Waals surface area contributed by atoms with E-state index in [2.05, 4.69) is 10.0 Å². The van der Waals surface area contributed by atoms with E-state index in [1.165, 1.54) is 24.7 Å². The molecule has 1 aromatic heterocycles. The topological polar surface area (TPSA) is 88.4 Å². The van der Waals surface area contributed by atoms with Crippen LogP contribution in [0.3, 0.4) is 0 Å². The summed E-state index contributed by atoms with van der Waals surface area (Å²) in [5, 5.41) is 2.49. The van der Waals surface area contributed by atoms with Crippen LogP contribution in [0.25, 0.3) is 0 Å². The summed E-state index contributed by atoms with van der Waals surface area (Å²) in [5.41, 5.74) is -0.333. The maximum absolute atomic E-state index is 13.9. The first kappa shape index (κ1) is 17.2. The molecule has 0 aliphatic carbocycles. The fraction of sp³-hybridized carbons (Fsp3) is 0.267. The standard InChI is InChI=1S/C15H17FN2O4S/c1-15(2,3)18-23(20,21)13-8-11(4-5-12(13)16)17-14(19)10-6-7-22-9-10/h4-9,18H,1-3H3,(H,17,19). The van der Waals surface area contributed by atoms with Gasteiger partial charge in [-0.1, -0.05) is 0 Å². The molecule has 6 nitrogen and oxygen atoms in total. The Bertz CT molecular complexity index is 808. The lowest BCUT2D eigenvalue weighted by Crippen LogP contribution is -2.40. The number of carbonyl (C=O) groups is 1. The number of anilines is 1. The highest BCUT2D eigenvalue weighted by Crippen LogP contribution is 2.21. The molecule has 0 radical (unpaired) electrons. The van der Waals surface area contributed by atoms with Crippen LogP contribution >= 0.6 is 0 Å². The summed E-state index contributed by atoms with van der Waals surface area (Å²) in [7, 11) is -4.06. The predicted octanol–water partition coefficient (Wildman–Crippen LogP) is 2.75. The average Bonchev–Trinajstić information content (AvgIpc) is 2.92. The van der Waals surface area contributed by atoms with E-state index in [0.29, 0.717) is 0 Å². The lowest BCUT2D eigenvalue weighted by molar-refractivity contribution is 0.102. The zero-order valence-electron chi connectivity index (χ0n) is 12.9. The smallest absolute Gasteiger partial charge is 0.258 e. The third-order valence-corrected chi connectivity index (χ3v) is 4.48. The molecule has 124 valence electrons. The van der Waals surface area contributed by atoms with Gasteiger partial charge in [-0.15, -0.1) is 0 Å². The quantitative estimate of drug-likeness (QED) is 0.896. The summed E-state index contributed by atoms with van der Waals surface area (Å²) in [6.45, 7) is 4.94. The van der Waals surface area contributed by atoms with Gasteiger partial charge >= 0.3 is 0 Å². The van der Waals surface area contributed by atoms with Gasteiger partial charge in [0, 0.05) is 11.2 Å². The third kappa shape index (κ3) is 4.40. The average molecular weight is 340 g/mol. The minimum Gasteiger partial charge on any atom is -0.472 e. The van der Waals surface area contributed by atoms with Crippen molar-refractivity contribution in [2.75, 3.05) is 5.32 Å². The number of hydrogen-bond donors (Lipinski definition) is 2. The first-order valence-electron chi connectivity index (χ1n) is 6.75. The largest absolute Gasteiger partial charge is 0.472 e. The lowest BCUT2D eigenvalue weighted by atomic mass is 10.1. The van der Waals surface area contributed by atoms with Crippen molar-refractivity contribution in [3.63, 3.8) is 0 Å². The summed E-state index contributed by atoms with van der Waals surface area (Å²) in [6.07, 6.45) is 2.58. The first-order valence-corrected chi connectivity index (χ1v) is 8.24. The summed E-state index contributed by atoms with van der Waals surface area (Å²) in [6, 6.07) is 4.80. The van der Waals surface area contributed by atoms with E-state index in [1.807, 2.05) is 0 Å². The fourth-order valence-corrected chi connectivity index (χ4v) is 3.37. The van der Waals surface area contributed by atoms with Crippen molar-refractivity contribution in [3.8, 4) is 0 Å². The van der Waals surface area contributed by atoms with Crippen LogP contribution in [0.15, 0.2) is 46.1 Å². The van der Waals surface area contributed by atoms with Gasteiger partial charge in [0.15, 0.2) is 0 Å². The molecule has 1 heterocycles. The van der Waals surface area contributed by atoms with E-state index in [9.17, 15) is 17.6 Å². The highest BCUT2D eigenvalue weighted by Gasteiger charge is 2.25. The normalized spacial score (nSPS) is 12.2. The molecule has 0 fully saturated rings. The Hall–Kier alpha value is -2.19. The molecule has 0 bridgehead atoms. The van der Waals surface area contributed by atoms with Gasteiger partial charge in [-0.05, 0) is 45.0 Å². The van der Waals surface area contributed by atoms with Crippen LogP contribution in [0.1, 0.15) is 31.1 Å². The molecule has 0 atom stereocenters. The summed E-state index contributed by atoms with van der Waals surface area (Å²) < 4.78 is 45.6. The number of benzene rings is 1. The predicted molar refractivity (Wildman–Crippen MR) is 83.1 cm³/mol. The van der Waals surface area contributed by atoms with Gasteiger partial charge in [-0.3, -0.25) is 4.79 Å². The molecule has 8 heteroatoms. The Morgan fingerprint density at radius 1 is 1.22 bits per heavy atom. The number of amides is 1. The van der Waals surface area contributed by atoms with Gasteiger partial charge in [0.2, 0.25) is 10.0 Å². The van der Waals surface area contributed by atoms with Gasteiger partial charge < -0.3 is 9.73 Å². The molecule has 2 aromatic rings. The minimum atomic E-state index is -4.06. The van der Waals surface area contributed by atoms with Crippen LogP contribution in [0, 0.1) is 5.82 Å². The van der Waals surface area contributed by atoms with Crippen LogP contribution in [-0.2, 0) is 10.0 Å². The maximum Gasteiger partial charge on any atom is 0.258 e. The van der Waals surface area contributed by atoms with Crippen LogP contribution in [-0.4, -0.2) is 19.9 Å². The highest BCUT2D eigenvalue weighted by atomic mass is 32.2. The fourth-order valence-electron chi connectivity index (χ4n) is 1.84. The van der Waals surface area contributed by atoms with E-state index >= 15 is 0 Å². The van der Waals surface area contributed by atoms with Crippen molar-refractivity contribution in [2.24, 2.45) is 0 Å². The molecule has 1 amide bonds. The second-order valence-electron chi connectivity index (χ2n) is 5.97. The number of sulfonamides is 1. The Morgan fingerprint density at radius 3 is 2.48 bits per heavy atom. The second kappa shape index (κ2) is 6.13. The Kier molecular flexibility index (Phi) is 4.58. The molecule has 0 spiro atoms. The summed E-state index contributed by atoms with van der Waals surface area (Å²) in [4.78, 5) is 11.4. The molecule has 2 rings (SSSR count). The molecule has 0 unspecified atom stereocenters. The Labute approximate surface area is 133 Å². The van der Waals surface area contributed by atoms with E-state index in [0.717, 1.165) is 12.1 Å². The van der Waals surface area contributed by atoms with E-state index in [-0.39, 0.29) is 11.3 Å². The van der Waals surface area contributed by atoms with Crippen LogP contribution in [0.4, 0.5) is 10.1 Å². The number of halogens is 1. The molecule has 0 aliphatic heterocycles. The lowest BCUT2D eigenvalue weighted by Gasteiger charge is -2.20. The number of nitrogens with one attached hydrogen (secondary N) is 2. The number of carbonyl (C=O) groups excluding carboxylic acids is 1. The molecule has 0 saturated heterocycles. The van der Waals surface area contributed by atoms with Crippen molar-refractivity contribution < 1.29 is 22.0 Å². The number of rotatable bonds is 4. The van der Waals surface area contributed by atoms with Crippen molar-refractivity contribution in [1.82, 2.24) is 4.72 Å². The number of furan rings is 1. The SMILES string of the molecule is CC(C)(C)NS(=O)(=O)c1cc(NC(=O)c2ccoc2)ccc1F. The van der Waals surface area contributed by atoms with E-state index in [1.54, 1.807) is 20.8 Å². The van der Waals surface area contributed by atoms with Gasteiger partial charge in [-0.25, -0.2) is 17.5 Å². The molecule has 1 aromatic carbocycles. The second-order valence-corrected chi connectivity index (χ2v) is 7.62. The molecule has 23 heavy (non-hydrogen) atoms. The van der Waals surface area contributed by atoms with E-state index < -0.39 is 32.2 Å². The minimum absolute atomic E-state index is 0.159. The van der Waals surface area contributed by atoms with Gasteiger partial charge in [-0.2, -0.15) is 0 Å². The molecular weight excluding hydrogens is 323 g/mol. The van der Waals surface area contributed by atoms with Gasteiger partial charge in [0.25, 0.3) is 5.91 Å². The van der Waals surface area contributed by atoms with Crippen molar-refractivity contribution in [3.05, 3.63) is 48.2 Å². The molecule has 0 aliphatic rings. The van der Waals surface area contributed by atoms with Crippen LogP contribution in [0.2, 0.25) is 0 Å². The van der Waals surface area contributed by atoms with E-state index in [4.69, 9.17) is 4.42 Å². The van der Waals surface area contributed by atoms with Crippen LogP contribution < -0.4 is 10.0 Å². The molecular formula is C15H17FN2O4S. The van der Waals surface area contributed by atoms with Crippen LogP contribution in [0.5, 0.6) is 0 Å². The van der Waals surface area contributed by atoms with Crippen molar-refractivity contribution >= 4 is 21.6 Å². The highest BCUT2D eigenvalue weighted by molar-refractivity contribution is 7.89.